The third-order valence-electron chi connectivity index (χ3n) is 11.4. The largest absolute Gasteiger partial charge is 0.349 e. The minimum Gasteiger partial charge on any atom is -0.349 e. The van der Waals surface area contributed by atoms with Crippen molar-refractivity contribution in [3.05, 3.63) is 0 Å². The maximum Gasteiger partial charge on any atom is 0.167 e. The van der Waals surface area contributed by atoms with E-state index in [0.717, 1.165) is 92.0 Å². The van der Waals surface area contributed by atoms with Crippen LogP contribution in [0.1, 0.15) is 0 Å². The van der Waals surface area contributed by atoms with E-state index in [-0.39, 0.29) is 99.2 Å². The molecule has 64 heavy (non-hydrogen) atoms. The van der Waals surface area contributed by atoms with Crippen molar-refractivity contribution in [2.75, 3.05) is 145 Å². The SMILES string of the molecule is C1CSC[C@@H]2OC[C@@H]3O[C@H](CSCCSC[C@@H]4OC[C@@H]5O[C@H](CSCCSC[C@@H]6OC[C@@H]7O[C@H](CSCCSC[C@@H]8OC[C@@H]9O[C@H](CS1)OC[C@@H]9O8)OC[C@@H]7O6)OC[C@@H]5O4)OC[C@@H]3O2. The summed E-state index contributed by atoms with van der Waals surface area (Å²) in [6.07, 6.45) is -2.90. The van der Waals surface area contributed by atoms with Crippen molar-refractivity contribution in [2.45, 2.75) is 99.2 Å². The molecule has 368 valence electrons. The average Bonchev–Trinajstić information content (AvgIpc) is 3.33. The zero-order valence-electron chi connectivity index (χ0n) is 36.0. The Morgan fingerprint density at radius 2 is 0.312 bits per heavy atom. The second-order valence-corrected chi connectivity index (χ2v) is 25.3. The van der Waals surface area contributed by atoms with Gasteiger partial charge in [-0.25, -0.2) is 0 Å². The molecule has 23 rings (SSSR count). The Hall–Kier alpha value is 2.16. The molecule has 0 aliphatic carbocycles. The highest BCUT2D eigenvalue weighted by Gasteiger charge is 2.42. The second-order valence-electron chi connectivity index (χ2n) is 16.1. The van der Waals surface area contributed by atoms with Gasteiger partial charge in [0.15, 0.2) is 50.3 Å². The van der Waals surface area contributed by atoms with Crippen LogP contribution in [0.25, 0.3) is 0 Å². The molecule has 0 aromatic carbocycles. The van der Waals surface area contributed by atoms with E-state index in [9.17, 15) is 0 Å². The number of hydrogen-bond donors (Lipinski definition) is 0. The normalized spacial score (nSPS) is 45.0. The van der Waals surface area contributed by atoms with Crippen LogP contribution in [0.2, 0.25) is 0 Å². The van der Waals surface area contributed by atoms with Gasteiger partial charge in [-0.15, -0.1) is 0 Å². The molecule has 16 atom stereocenters. The fourth-order valence-corrected chi connectivity index (χ4v) is 16.0. The number of thioether (sulfide) groups is 8. The Kier molecular flexibility index (Phi) is 22.2. The smallest absolute Gasteiger partial charge is 0.167 e. The summed E-state index contributed by atoms with van der Waals surface area (Å²) in [6, 6.07) is 0. The molecule has 23 fully saturated rings. The first-order valence-electron chi connectivity index (χ1n) is 22.5. The predicted molar refractivity (Wildman–Crippen MR) is 256 cm³/mol. The van der Waals surface area contributed by atoms with E-state index in [1.54, 1.807) is 0 Å². The first kappa shape index (κ1) is 51.1. The zero-order valence-corrected chi connectivity index (χ0v) is 42.5. The molecule has 0 spiro atoms. The molecule has 0 unspecified atom stereocenters. The molecule has 23 aliphatic heterocycles. The van der Waals surface area contributed by atoms with Gasteiger partial charge in [-0.3, -0.25) is 0 Å². The third-order valence-corrected chi connectivity index (χ3v) is 20.4. The first-order valence-corrected chi connectivity index (χ1v) is 31.7. The highest BCUT2D eigenvalue weighted by atomic mass is 32.2. The second kappa shape index (κ2) is 27.8. The topological polar surface area (TPSA) is 148 Å². The van der Waals surface area contributed by atoms with Crippen molar-refractivity contribution in [1.29, 1.82) is 0 Å². The Morgan fingerprint density at radius 1 is 0.188 bits per heavy atom. The lowest BCUT2D eigenvalue weighted by Crippen LogP contribution is -2.54. The van der Waals surface area contributed by atoms with Gasteiger partial charge >= 0.3 is 0 Å². The van der Waals surface area contributed by atoms with Crippen LogP contribution in [0.15, 0.2) is 0 Å². The zero-order chi connectivity index (χ0) is 43.2. The van der Waals surface area contributed by atoms with Crippen LogP contribution in [-0.4, -0.2) is 244 Å². The van der Waals surface area contributed by atoms with E-state index < -0.39 is 0 Å². The summed E-state index contributed by atoms with van der Waals surface area (Å²) >= 11 is 14.6. The maximum atomic E-state index is 6.22. The highest BCUT2D eigenvalue weighted by molar-refractivity contribution is 8.04. The van der Waals surface area contributed by atoms with Gasteiger partial charge in [0, 0.05) is 92.0 Å². The van der Waals surface area contributed by atoms with E-state index in [2.05, 4.69) is 0 Å². The molecular weight excluding hydrogens is 993 g/mol. The van der Waals surface area contributed by atoms with Crippen molar-refractivity contribution in [2.24, 2.45) is 0 Å². The molecule has 16 nitrogen and oxygen atoms in total. The summed E-state index contributed by atoms with van der Waals surface area (Å²) in [5, 5.41) is 0. The van der Waals surface area contributed by atoms with Crippen LogP contribution >= 0.6 is 94.1 Å². The van der Waals surface area contributed by atoms with Gasteiger partial charge in [-0.05, 0) is 0 Å². The molecule has 0 radical (unpaired) electrons. The Bertz CT molecular complexity index is 1060. The molecular formula is C40H64O16S8. The van der Waals surface area contributed by atoms with Gasteiger partial charge in [0.1, 0.15) is 48.8 Å². The van der Waals surface area contributed by atoms with Crippen molar-refractivity contribution in [3.8, 4) is 0 Å². The van der Waals surface area contributed by atoms with Crippen LogP contribution in [0.3, 0.4) is 0 Å². The summed E-state index contributed by atoms with van der Waals surface area (Å²) in [4.78, 5) is 0. The lowest BCUT2D eigenvalue weighted by atomic mass is 10.2. The van der Waals surface area contributed by atoms with E-state index in [1.165, 1.54) is 0 Å². The van der Waals surface area contributed by atoms with Crippen LogP contribution < -0.4 is 0 Å². The van der Waals surface area contributed by atoms with Crippen LogP contribution in [0, 0.1) is 0 Å². The predicted octanol–water partition coefficient (Wildman–Crippen LogP) is 3.80. The molecule has 23 aliphatic rings. The average molecular weight is 1060 g/mol. The third kappa shape index (κ3) is 16.1. The standard InChI is InChI=1S/C40H64O16S8/c1-2-58-18-34-42-11-28-27(50-34)12-44-36(52-28)20-60-5-6-62-22-38-46-15-32-31(54-38)16-48-40(56-32)24-64-8-7-63-23-39-47-14-29-30(55-39)13-45-37(53-29)21-61-4-3-59-19-35-43-10-25-26(51-35)9-41-33(49-25)17-57-1/h25-40H,1-24H2/t25-,26-,27-,28-,29-,30-,31-,32-,33+,34+,35+,36+,37+,38+,39+,40+/m0/s1. The fraction of sp³-hybridized carbons (Fsp3) is 1.00. The van der Waals surface area contributed by atoms with Gasteiger partial charge in [0.25, 0.3) is 0 Å². The Balaban J connectivity index is 0.672. The van der Waals surface area contributed by atoms with Gasteiger partial charge in [-0.2, -0.15) is 94.1 Å². The minimum atomic E-state index is -0.257. The summed E-state index contributed by atoms with van der Waals surface area (Å²) in [7, 11) is 0. The van der Waals surface area contributed by atoms with Crippen molar-refractivity contribution < 1.29 is 75.8 Å². The monoisotopic (exact) mass is 1060 g/mol. The number of hydrogen-bond acceptors (Lipinski definition) is 24. The quantitative estimate of drug-likeness (QED) is 0.346. The summed E-state index contributed by atoms with van der Waals surface area (Å²) in [6.45, 7) is 4.18. The van der Waals surface area contributed by atoms with Crippen LogP contribution in [0.4, 0.5) is 0 Å². The van der Waals surface area contributed by atoms with E-state index in [0.29, 0.717) is 52.9 Å². The van der Waals surface area contributed by atoms with E-state index >= 15 is 0 Å². The molecule has 0 aromatic rings. The lowest BCUT2D eigenvalue weighted by molar-refractivity contribution is -0.326. The van der Waals surface area contributed by atoms with Crippen molar-refractivity contribution in [3.63, 3.8) is 0 Å². The number of rotatable bonds is 0. The fourth-order valence-electron chi connectivity index (χ4n) is 7.97. The summed E-state index contributed by atoms with van der Waals surface area (Å²) in [5.74, 6) is 14.0. The molecule has 0 saturated carbocycles. The minimum absolute atomic E-state index is 0.105. The molecule has 0 amide bonds. The van der Waals surface area contributed by atoms with Gasteiger partial charge in [-0.1, -0.05) is 0 Å². The maximum absolute atomic E-state index is 6.22. The summed E-state index contributed by atoms with van der Waals surface area (Å²) in [5.41, 5.74) is 0. The van der Waals surface area contributed by atoms with E-state index in [1.807, 2.05) is 94.1 Å². The van der Waals surface area contributed by atoms with Gasteiger partial charge < -0.3 is 75.8 Å². The molecule has 0 N–H and O–H groups in total. The van der Waals surface area contributed by atoms with Gasteiger partial charge in [0.2, 0.25) is 0 Å². The Labute approximate surface area is 411 Å². The van der Waals surface area contributed by atoms with Crippen molar-refractivity contribution >= 4 is 94.1 Å². The van der Waals surface area contributed by atoms with Crippen molar-refractivity contribution in [1.82, 2.24) is 0 Å². The van der Waals surface area contributed by atoms with Gasteiger partial charge in [0.05, 0.1) is 52.9 Å². The first-order chi connectivity index (χ1) is 31.7. The summed E-state index contributed by atoms with van der Waals surface area (Å²) < 4.78 is 98.1. The molecule has 23 saturated heterocycles. The molecule has 16 bridgehead atoms. The number of ether oxygens (including phenoxy) is 16. The van der Waals surface area contributed by atoms with E-state index in [4.69, 9.17) is 75.8 Å². The molecule has 0 aromatic heterocycles. The highest BCUT2D eigenvalue weighted by Crippen LogP contribution is 2.31. The molecule has 24 heteroatoms. The van der Waals surface area contributed by atoms with Crippen LogP contribution in [-0.2, 0) is 75.8 Å². The van der Waals surface area contributed by atoms with Crippen LogP contribution in [0.5, 0.6) is 0 Å². The Morgan fingerprint density at radius 3 is 0.438 bits per heavy atom. The molecule has 23 heterocycles. The lowest BCUT2D eigenvalue weighted by Gasteiger charge is -2.42.